The fraction of sp³-hybridized carbons (Fsp3) is 0.875. The van der Waals surface area contributed by atoms with Crippen LogP contribution < -0.4 is 5.32 Å². The summed E-state index contributed by atoms with van der Waals surface area (Å²) >= 11 is 0. The van der Waals surface area contributed by atoms with Gasteiger partial charge >= 0.3 is 0 Å². The third-order valence-electron chi connectivity index (χ3n) is 4.17. The summed E-state index contributed by atoms with van der Waals surface area (Å²) in [6.07, 6.45) is 6.03. The van der Waals surface area contributed by atoms with E-state index in [4.69, 9.17) is 4.74 Å². The van der Waals surface area contributed by atoms with Crippen molar-refractivity contribution in [3.05, 3.63) is 12.2 Å². The molecule has 1 N–H and O–H groups in total. The van der Waals surface area contributed by atoms with E-state index < -0.39 is 0 Å². The second-order valence-corrected chi connectivity index (χ2v) is 5.91. The quantitative estimate of drug-likeness (QED) is 0.694. The second kappa shape index (κ2) is 7.30. The Morgan fingerprint density at radius 2 is 2.00 bits per heavy atom. The van der Waals surface area contributed by atoms with Crippen molar-refractivity contribution in [2.24, 2.45) is 5.92 Å². The topological polar surface area (TPSA) is 21.3 Å². The molecule has 1 aliphatic rings. The van der Waals surface area contributed by atoms with E-state index in [-0.39, 0.29) is 5.60 Å². The molecule has 0 aromatic heterocycles. The SMILES string of the molecule is C=C(C)C(NCCC)C1(OCC)CCC(C)CC1. The first-order chi connectivity index (χ1) is 8.55. The van der Waals surface area contributed by atoms with E-state index in [0.29, 0.717) is 6.04 Å². The average Bonchev–Trinajstić information content (AvgIpc) is 2.33. The maximum atomic E-state index is 6.22. The molecule has 0 spiro atoms. The molecular formula is C16H31NO. The highest BCUT2D eigenvalue weighted by atomic mass is 16.5. The van der Waals surface area contributed by atoms with Crippen molar-refractivity contribution >= 4 is 0 Å². The number of rotatable bonds is 7. The van der Waals surface area contributed by atoms with Crippen LogP contribution >= 0.6 is 0 Å². The van der Waals surface area contributed by atoms with Crippen LogP contribution in [0.15, 0.2) is 12.2 Å². The maximum Gasteiger partial charge on any atom is 0.0872 e. The predicted octanol–water partition coefficient (Wildman–Crippen LogP) is 3.92. The molecule has 0 aliphatic heterocycles. The normalized spacial score (nSPS) is 30.1. The monoisotopic (exact) mass is 253 g/mol. The molecule has 0 aromatic rings. The van der Waals surface area contributed by atoms with Gasteiger partial charge in [0.15, 0.2) is 0 Å². The van der Waals surface area contributed by atoms with Gasteiger partial charge in [-0.2, -0.15) is 0 Å². The van der Waals surface area contributed by atoms with Crippen LogP contribution in [-0.4, -0.2) is 24.8 Å². The lowest BCUT2D eigenvalue weighted by atomic mass is 9.73. The highest BCUT2D eigenvalue weighted by Gasteiger charge is 2.42. The molecule has 1 atom stereocenters. The molecule has 1 fully saturated rings. The average molecular weight is 253 g/mol. The van der Waals surface area contributed by atoms with E-state index in [2.05, 4.69) is 39.6 Å². The molecule has 2 heteroatoms. The van der Waals surface area contributed by atoms with Crippen molar-refractivity contribution in [1.29, 1.82) is 0 Å². The maximum absolute atomic E-state index is 6.22. The Kier molecular flexibility index (Phi) is 6.37. The van der Waals surface area contributed by atoms with Gasteiger partial charge in [0.2, 0.25) is 0 Å². The van der Waals surface area contributed by atoms with Crippen molar-refractivity contribution in [3.8, 4) is 0 Å². The molecule has 106 valence electrons. The van der Waals surface area contributed by atoms with Crippen molar-refractivity contribution in [1.82, 2.24) is 5.32 Å². The van der Waals surface area contributed by atoms with Gasteiger partial charge in [-0.25, -0.2) is 0 Å². The van der Waals surface area contributed by atoms with E-state index in [9.17, 15) is 0 Å². The molecule has 1 saturated carbocycles. The molecule has 18 heavy (non-hydrogen) atoms. The molecule has 2 nitrogen and oxygen atoms in total. The summed E-state index contributed by atoms with van der Waals surface area (Å²) in [6, 6.07) is 0.310. The van der Waals surface area contributed by atoms with Crippen LogP contribution in [0.25, 0.3) is 0 Å². The van der Waals surface area contributed by atoms with Crippen LogP contribution in [0.1, 0.15) is 59.8 Å². The number of hydrogen-bond acceptors (Lipinski definition) is 2. The number of nitrogens with one attached hydrogen (secondary N) is 1. The Labute approximate surface area is 113 Å². The number of ether oxygens (including phenoxy) is 1. The molecule has 1 aliphatic carbocycles. The van der Waals surface area contributed by atoms with Gasteiger partial charge in [-0.3, -0.25) is 0 Å². The zero-order chi connectivity index (χ0) is 13.6. The third kappa shape index (κ3) is 3.83. The highest BCUT2D eigenvalue weighted by Crippen LogP contribution is 2.39. The van der Waals surface area contributed by atoms with Crippen LogP contribution in [0.4, 0.5) is 0 Å². The molecule has 0 radical (unpaired) electrons. The predicted molar refractivity (Wildman–Crippen MR) is 78.9 cm³/mol. The lowest BCUT2D eigenvalue weighted by Crippen LogP contribution is -2.55. The van der Waals surface area contributed by atoms with E-state index in [1.165, 1.54) is 18.4 Å². The van der Waals surface area contributed by atoms with Gasteiger partial charge < -0.3 is 10.1 Å². The molecule has 1 rings (SSSR count). The zero-order valence-electron chi connectivity index (χ0n) is 12.7. The summed E-state index contributed by atoms with van der Waals surface area (Å²) in [6.45, 7) is 14.8. The first-order valence-electron chi connectivity index (χ1n) is 7.58. The summed E-state index contributed by atoms with van der Waals surface area (Å²) in [5, 5.41) is 3.65. The van der Waals surface area contributed by atoms with Crippen molar-refractivity contribution in [2.75, 3.05) is 13.2 Å². The van der Waals surface area contributed by atoms with Crippen LogP contribution in [0.2, 0.25) is 0 Å². The van der Waals surface area contributed by atoms with E-state index in [0.717, 1.165) is 38.3 Å². The van der Waals surface area contributed by atoms with Gasteiger partial charge in [0, 0.05) is 6.61 Å². The largest absolute Gasteiger partial charge is 0.373 e. The molecule has 0 saturated heterocycles. The van der Waals surface area contributed by atoms with Gasteiger partial charge in [0.05, 0.1) is 11.6 Å². The molecule has 0 aromatic carbocycles. The van der Waals surface area contributed by atoms with Gasteiger partial charge in [0.25, 0.3) is 0 Å². The lowest BCUT2D eigenvalue weighted by Gasteiger charge is -2.45. The second-order valence-electron chi connectivity index (χ2n) is 5.91. The van der Waals surface area contributed by atoms with Crippen molar-refractivity contribution < 1.29 is 4.74 Å². The Morgan fingerprint density at radius 3 is 2.44 bits per heavy atom. The van der Waals surface area contributed by atoms with E-state index in [1.807, 2.05) is 0 Å². The summed E-state index contributed by atoms with van der Waals surface area (Å²) in [5.74, 6) is 0.843. The fourth-order valence-electron chi connectivity index (χ4n) is 3.15. The first-order valence-corrected chi connectivity index (χ1v) is 7.58. The van der Waals surface area contributed by atoms with Crippen LogP contribution in [-0.2, 0) is 4.74 Å². The zero-order valence-corrected chi connectivity index (χ0v) is 12.7. The van der Waals surface area contributed by atoms with Gasteiger partial charge in [-0.15, -0.1) is 0 Å². The minimum atomic E-state index is -0.0116. The molecule has 0 bridgehead atoms. The minimum Gasteiger partial charge on any atom is -0.373 e. The molecule has 1 unspecified atom stereocenters. The minimum absolute atomic E-state index is 0.0116. The van der Waals surface area contributed by atoms with Gasteiger partial charge in [-0.1, -0.05) is 26.0 Å². The summed E-state index contributed by atoms with van der Waals surface area (Å²) in [4.78, 5) is 0. The molecule has 0 heterocycles. The Hall–Kier alpha value is -0.340. The Bertz CT molecular complexity index is 254. The van der Waals surface area contributed by atoms with Crippen LogP contribution in [0.5, 0.6) is 0 Å². The van der Waals surface area contributed by atoms with Crippen molar-refractivity contribution in [3.63, 3.8) is 0 Å². The number of hydrogen-bond donors (Lipinski definition) is 1. The smallest absolute Gasteiger partial charge is 0.0872 e. The highest BCUT2D eigenvalue weighted by molar-refractivity contribution is 5.13. The summed E-state index contributed by atoms with van der Waals surface area (Å²) < 4.78 is 6.22. The van der Waals surface area contributed by atoms with Gasteiger partial charge in [0.1, 0.15) is 0 Å². The summed E-state index contributed by atoms with van der Waals surface area (Å²) in [5.41, 5.74) is 1.20. The fourth-order valence-corrected chi connectivity index (χ4v) is 3.15. The van der Waals surface area contributed by atoms with E-state index in [1.54, 1.807) is 0 Å². The Morgan fingerprint density at radius 1 is 1.39 bits per heavy atom. The lowest BCUT2D eigenvalue weighted by molar-refractivity contribution is -0.0883. The Balaban J connectivity index is 2.81. The van der Waals surface area contributed by atoms with Crippen LogP contribution in [0, 0.1) is 5.92 Å². The van der Waals surface area contributed by atoms with Crippen molar-refractivity contribution in [2.45, 2.75) is 71.4 Å². The standard InChI is InChI=1S/C16H31NO/c1-6-12-17-15(13(3)4)16(18-7-2)10-8-14(5)9-11-16/h14-15,17H,3,6-12H2,1-2,4-5H3. The third-order valence-corrected chi connectivity index (χ3v) is 4.17. The van der Waals surface area contributed by atoms with Gasteiger partial charge in [-0.05, 0) is 58.4 Å². The molecule has 0 amide bonds. The van der Waals surface area contributed by atoms with E-state index >= 15 is 0 Å². The summed E-state index contributed by atoms with van der Waals surface area (Å²) in [7, 11) is 0. The van der Waals surface area contributed by atoms with Crippen LogP contribution in [0.3, 0.4) is 0 Å². The first kappa shape index (κ1) is 15.7. The molecular weight excluding hydrogens is 222 g/mol.